The number of hydrogen-bond donors (Lipinski definition) is 11. The quantitative estimate of drug-likeness (QED) is 0.00597. The molecule has 0 radical (unpaired) electrons. The Morgan fingerprint density at radius 1 is 0.560 bits per heavy atom. The predicted octanol–water partition coefficient (Wildman–Crippen LogP) is 7.47. The molecular weight excluding hydrogens is 1150 g/mol. The van der Waals surface area contributed by atoms with E-state index in [-0.39, 0.29) is 68.8 Å². The van der Waals surface area contributed by atoms with E-state index in [1.165, 1.54) is 24.3 Å². The third-order valence-electron chi connectivity index (χ3n) is 9.48. The van der Waals surface area contributed by atoms with Crippen LogP contribution in [0.4, 0.5) is 62.6 Å². The highest BCUT2D eigenvalue weighted by molar-refractivity contribution is 7.94. The molecule has 0 amide bonds. The van der Waals surface area contributed by atoms with Crippen LogP contribution in [0.1, 0.15) is 0 Å². The second kappa shape index (κ2) is 23.1. The lowest BCUT2D eigenvalue weighted by molar-refractivity contribution is -0.434. The number of phenols is 1. The average Bonchev–Trinajstić information content (AvgIpc) is 3.31. The van der Waals surface area contributed by atoms with Crippen molar-refractivity contribution in [3.63, 3.8) is 0 Å². The molecular formula is C36H32N10O22S7. The van der Waals surface area contributed by atoms with Gasteiger partial charge in [-0.05, 0) is 90.3 Å². The number of hydrogen-bond acceptors (Lipinski definition) is 30. The predicted molar refractivity (Wildman–Crippen MR) is 261 cm³/mol. The van der Waals surface area contributed by atoms with E-state index in [0.717, 1.165) is 54.6 Å². The molecule has 39 heteroatoms. The highest BCUT2D eigenvalue weighted by Gasteiger charge is 2.28. The number of sulfone groups is 1. The van der Waals surface area contributed by atoms with E-state index < -0.39 is 127 Å². The number of rotatable bonds is 22. The van der Waals surface area contributed by atoms with Crippen LogP contribution in [0.15, 0.2) is 145 Å². The van der Waals surface area contributed by atoms with Gasteiger partial charge in [-0.2, -0.15) is 43.9 Å². The summed E-state index contributed by atoms with van der Waals surface area (Å²) < 4.78 is 178. The topological polar surface area (TPSA) is 523 Å². The molecule has 6 aromatic carbocycles. The number of azo groups is 3. The number of phenolic OH excluding ortho intramolecular Hbond substituents is 1. The van der Waals surface area contributed by atoms with Crippen molar-refractivity contribution in [2.24, 2.45) is 30.7 Å². The molecule has 0 heterocycles. The summed E-state index contributed by atoms with van der Waals surface area (Å²) in [5, 5.41) is 60.4. The lowest BCUT2D eigenvalue weighted by Gasteiger charge is -2.14. The molecule has 75 heavy (non-hydrogen) atoms. The number of benzene rings is 6. The molecule has 0 bridgehead atoms. The molecule has 0 spiro atoms. The fraction of sp³-hybridized carbons (Fsp3) is 0.0556. The van der Waals surface area contributed by atoms with Crippen molar-refractivity contribution in [2.75, 3.05) is 34.9 Å². The highest BCUT2D eigenvalue weighted by atomic mass is 32.2. The van der Waals surface area contributed by atoms with Crippen LogP contribution < -0.4 is 22.5 Å². The van der Waals surface area contributed by atoms with Gasteiger partial charge in [0.25, 0.3) is 40.5 Å². The third kappa shape index (κ3) is 14.2. The van der Waals surface area contributed by atoms with Crippen LogP contribution in [0, 0.1) is 0 Å². The fourth-order valence-corrected chi connectivity index (χ4v) is 10.8. The molecule has 0 saturated carbocycles. The SMILES string of the molecule is Nc1cc(N)c(S(=O)(=O)O)cc1N=Nc1ccc(Nc2ccc(N=Nc3c(S(=O)(=O)O)cc4cc(SOOO)c(N=Nc5ccc(S(=O)(=O)CCOSOOO)cc5S(=O)(=O)O)c(N)c4c3O)cc2S(=O)(=O)O)cc1. The Morgan fingerprint density at radius 2 is 1.16 bits per heavy atom. The monoisotopic (exact) mass is 1180 g/mol. The van der Waals surface area contributed by atoms with Crippen LogP contribution in [0.3, 0.4) is 0 Å². The Labute approximate surface area is 430 Å². The summed E-state index contributed by atoms with van der Waals surface area (Å²) in [6, 6.07) is 14.4. The maximum absolute atomic E-state index is 12.9. The standard InChI is InChI=1S/C36H32N10O22S7/c37-22-15-23(38)28(72(52,53)54)16-26(22)44-41-19-3-1-18(2-4-19)40-24-7-5-20(13-29(24)73(55,56)57)42-46-35-31(75(61,62)63)12-17-11-27(69-67-65-48)34(33(39)32(17)36(35)47)45-43-25-8-6-21(14-30(25)74(58,59)60)71(50,51)10-9-64-70-68-66-49/h1-8,11-16,40,47-49H,9-10,37-39H2,(H,52,53,54)(H,55,56,57)(H,58,59,60)(H,61,62,63). The summed E-state index contributed by atoms with van der Waals surface area (Å²) in [5.74, 6) is -1.92. The summed E-state index contributed by atoms with van der Waals surface area (Å²) in [7, 11) is -24.8. The Bertz CT molecular complexity index is 3890. The number of aromatic hydroxyl groups is 1. The van der Waals surface area contributed by atoms with E-state index in [4.69, 9.17) is 31.9 Å². The van der Waals surface area contributed by atoms with Crippen molar-refractivity contribution in [2.45, 2.75) is 29.4 Å². The first-order valence-corrected chi connectivity index (χ1v) is 28.1. The molecule has 0 saturated heterocycles. The maximum Gasteiger partial charge on any atom is 0.296 e. The normalized spacial score (nSPS) is 12.9. The molecule has 0 aromatic heterocycles. The lowest BCUT2D eigenvalue weighted by atomic mass is 10.1. The Morgan fingerprint density at radius 3 is 1.79 bits per heavy atom. The van der Waals surface area contributed by atoms with Gasteiger partial charge in [-0.3, -0.25) is 22.4 Å². The number of fused-ring (bicyclic) bond motifs is 1. The maximum atomic E-state index is 12.9. The summed E-state index contributed by atoms with van der Waals surface area (Å²) >= 11 is 0.200. The minimum Gasteiger partial charge on any atom is -0.505 e. The Hall–Kier alpha value is -6.61. The van der Waals surface area contributed by atoms with Crippen molar-refractivity contribution in [1.29, 1.82) is 0 Å². The first-order chi connectivity index (χ1) is 35.0. The number of nitrogens with zero attached hydrogens (tertiary/aromatic N) is 6. The summed E-state index contributed by atoms with van der Waals surface area (Å²) in [6.45, 7) is -0.570. The van der Waals surface area contributed by atoms with Gasteiger partial charge in [0, 0.05) is 5.69 Å². The summed E-state index contributed by atoms with van der Waals surface area (Å²) in [4.78, 5) is -4.69. The molecule has 0 aliphatic carbocycles. The van der Waals surface area contributed by atoms with Gasteiger partial charge in [0.05, 0.1) is 73.7 Å². The molecule has 0 atom stereocenters. The highest BCUT2D eigenvalue weighted by Crippen LogP contribution is 2.50. The van der Waals surface area contributed by atoms with Crippen LogP contribution >= 0.6 is 24.4 Å². The van der Waals surface area contributed by atoms with Gasteiger partial charge >= 0.3 is 0 Å². The van der Waals surface area contributed by atoms with Crippen LogP contribution in [-0.2, 0) is 73.2 Å². The molecule has 6 aromatic rings. The van der Waals surface area contributed by atoms with Crippen LogP contribution in [0.2, 0.25) is 0 Å². The van der Waals surface area contributed by atoms with Crippen molar-refractivity contribution in [3.05, 3.63) is 84.9 Å². The summed E-state index contributed by atoms with van der Waals surface area (Å²) in [5.41, 5.74) is 14.0. The zero-order valence-electron chi connectivity index (χ0n) is 36.5. The Balaban J connectivity index is 1.36. The molecule has 0 aliphatic rings. The molecule has 14 N–H and O–H groups in total. The van der Waals surface area contributed by atoms with E-state index in [9.17, 15) is 65.4 Å². The van der Waals surface area contributed by atoms with E-state index in [1.54, 1.807) is 0 Å². The second-order valence-corrected chi connectivity index (χ2v) is 23.2. The van der Waals surface area contributed by atoms with Gasteiger partial charge in [-0.25, -0.2) is 18.9 Å². The first-order valence-electron chi connectivity index (χ1n) is 19.3. The Kier molecular flexibility index (Phi) is 17.8. The number of nitrogens with two attached hydrogens (primary N) is 3. The van der Waals surface area contributed by atoms with E-state index >= 15 is 0 Å². The molecule has 32 nitrogen and oxygen atoms in total. The number of nitrogen functional groups attached to an aromatic ring is 3. The van der Waals surface area contributed by atoms with Crippen molar-refractivity contribution < 1.29 is 98.8 Å². The average molecular weight is 1180 g/mol. The minimum absolute atomic E-state index is 0.0658. The van der Waals surface area contributed by atoms with E-state index in [0.29, 0.717) is 6.07 Å². The van der Waals surface area contributed by atoms with E-state index in [2.05, 4.69) is 54.7 Å². The van der Waals surface area contributed by atoms with Crippen LogP contribution in [-0.4, -0.2) is 88.3 Å². The molecule has 0 unspecified atom stereocenters. The molecule has 0 aliphatic heterocycles. The minimum atomic E-state index is -5.35. The van der Waals surface area contributed by atoms with Gasteiger partial charge in [-0.1, -0.05) is 10.1 Å². The van der Waals surface area contributed by atoms with Gasteiger partial charge in [-0.15, -0.1) is 29.1 Å². The smallest absolute Gasteiger partial charge is 0.296 e. The largest absolute Gasteiger partial charge is 0.505 e. The van der Waals surface area contributed by atoms with E-state index in [1.807, 2.05) is 0 Å². The summed E-state index contributed by atoms with van der Waals surface area (Å²) in [6.07, 6.45) is 0. The lowest BCUT2D eigenvalue weighted by Crippen LogP contribution is -2.12. The fourth-order valence-electron chi connectivity index (χ4n) is 6.22. The van der Waals surface area contributed by atoms with Gasteiger partial charge < -0.3 is 27.6 Å². The molecule has 0 fully saturated rings. The van der Waals surface area contributed by atoms with Crippen LogP contribution in [0.25, 0.3) is 10.8 Å². The zero-order valence-corrected chi connectivity index (χ0v) is 42.2. The van der Waals surface area contributed by atoms with Gasteiger partial charge in [0.2, 0.25) is 0 Å². The zero-order chi connectivity index (χ0) is 55.3. The van der Waals surface area contributed by atoms with Gasteiger partial charge in [0.15, 0.2) is 27.9 Å². The number of nitrogens with one attached hydrogen (secondary N) is 1. The van der Waals surface area contributed by atoms with Crippen molar-refractivity contribution in [1.82, 2.24) is 0 Å². The van der Waals surface area contributed by atoms with Crippen molar-refractivity contribution >= 4 is 148 Å². The van der Waals surface area contributed by atoms with Crippen molar-refractivity contribution in [3.8, 4) is 5.75 Å². The number of anilines is 5. The third-order valence-corrected chi connectivity index (χ3v) is 15.7. The van der Waals surface area contributed by atoms with Gasteiger partial charge in [0.1, 0.15) is 42.3 Å². The molecule has 400 valence electrons. The van der Waals surface area contributed by atoms with Crippen LogP contribution in [0.5, 0.6) is 5.75 Å². The first kappa shape index (κ1) is 57.7. The molecule has 6 rings (SSSR count). The second-order valence-electron chi connectivity index (χ2n) is 14.3.